The van der Waals surface area contributed by atoms with Crippen LogP contribution < -0.4 is 0 Å². The third-order valence-electron chi connectivity index (χ3n) is 9.16. The lowest BCUT2D eigenvalue weighted by molar-refractivity contribution is 1.05. The molecule has 0 aliphatic heterocycles. The Morgan fingerprint density at radius 3 is 1.96 bits per heavy atom. The van der Waals surface area contributed by atoms with E-state index in [0.29, 0.717) is 5.82 Å². The van der Waals surface area contributed by atoms with Crippen LogP contribution in [0.4, 0.5) is 0 Å². The van der Waals surface area contributed by atoms with Gasteiger partial charge in [-0.1, -0.05) is 115 Å². The minimum absolute atomic E-state index is 0.703. The fourth-order valence-corrected chi connectivity index (χ4v) is 8.39. The number of benzene rings is 6. The van der Waals surface area contributed by atoms with Crippen LogP contribution in [-0.2, 0) is 0 Å². The molecule has 4 nitrogen and oxygen atoms in total. The van der Waals surface area contributed by atoms with Gasteiger partial charge in [0.25, 0.3) is 0 Å². The average molecular weight is 619 g/mol. The molecular weight excluding hydrogens is 593 g/mol. The van der Waals surface area contributed by atoms with Gasteiger partial charge in [0.2, 0.25) is 0 Å². The maximum atomic E-state index is 5.33. The van der Waals surface area contributed by atoms with E-state index in [1.54, 1.807) is 0 Å². The Hall–Kier alpha value is -6.04. The highest BCUT2D eigenvalue weighted by Gasteiger charge is 2.25. The Morgan fingerprint density at radius 1 is 0.511 bits per heavy atom. The summed E-state index contributed by atoms with van der Waals surface area (Å²) in [5, 5.41) is 6.25. The van der Waals surface area contributed by atoms with E-state index in [0.717, 1.165) is 33.8 Å². The van der Waals surface area contributed by atoms with E-state index >= 15 is 0 Å². The van der Waals surface area contributed by atoms with E-state index < -0.39 is 0 Å². The summed E-state index contributed by atoms with van der Waals surface area (Å²) < 4.78 is 7.27. The molecule has 0 saturated heterocycles. The lowest BCUT2D eigenvalue weighted by Crippen LogP contribution is -2.02. The second-order valence-corrected chi connectivity index (χ2v) is 12.9. The first-order chi connectivity index (χ1) is 23.3. The van der Waals surface area contributed by atoms with Gasteiger partial charge < -0.3 is 4.57 Å². The van der Waals surface area contributed by atoms with Crippen LogP contribution in [0.3, 0.4) is 0 Å². The molecule has 0 N–H and O–H groups in total. The number of para-hydroxylation sites is 2. The Bertz CT molecular complexity index is 2720. The highest BCUT2D eigenvalue weighted by atomic mass is 32.1. The molecule has 0 radical (unpaired) electrons. The van der Waals surface area contributed by atoms with Crippen LogP contribution in [0.1, 0.15) is 0 Å². The SMILES string of the molecule is c1ccc(-c2cc(-n3c4ccccc4c4c5c(ccn5-c5ccccc5)c5c6ccccc6sc5c43)nc(-c3ccccc3)n2)cc1. The van der Waals surface area contributed by atoms with Crippen molar-refractivity contribution in [1.29, 1.82) is 0 Å². The van der Waals surface area contributed by atoms with Crippen molar-refractivity contribution < 1.29 is 0 Å². The third-order valence-corrected chi connectivity index (χ3v) is 10.3. The molecule has 0 saturated carbocycles. The van der Waals surface area contributed by atoms with Crippen molar-refractivity contribution in [3.05, 3.63) is 158 Å². The molecule has 0 atom stereocenters. The van der Waals surface area contributed by atoms with Crippen LogP contribution in [0.2, 0.25) is 0 Å². The predicted molar refractivity (Wildman–Crippen MR) is 197 cm³/mol. The first kappa shape index (κ1) is 26.2. The highest BCUT2D eigenvalue weighted by Crippen LogP contribution is 2.48. The summed E-state index contributed by atoms with van der Waals surface area (Å²) in [6.07, 6.45) is 2.23. The molecule has 47 heavy (non-hydrogen) atoms. The van der Waals surface area contributed by atoms with Crippen molar-refractivity contribution in [2.24, 2.45) is 0 Å². The molecule has 4 heterocycles. The van der Waals surface area contributed by atoms with Crippen LogP contribution in [0.5, 0.6) is 0 Å². The Morgan fingerprint density at radius 2 is 1.17 bits per heavy atom. The minimum Gasteiger partial charge on any atom is -0.316 e. The maximum absolute atomic E-state index is 5.33. The lowest BCUT2D eigenvalue weighted by atomic mass is 10.0. The monoisotopic (exact) mass is 618 g/mol. The summed E-state index contributed by atoms with van der Waals surface area (Å²) in [5.74, 6) is 1.55. The Balaban J connectivity index is 1.43. The van der Waals surface area contributed by atoms with Gasteiger partial charge in [-0.05, 0) is 30.3 Å². The minimum atomic E-state index is 0.703. The molecule has 4 aromatic heterocycles. The van der Waals surface area contributed by atoms with E-state index in [-0.39, 0.29) is 0 Å². The van der Waals surface area contributed by atoms with Crippen LogP contribution in [0.15, 0.2) is 158 Å². The zero-order valence-corrected chi connectivity index (χ0v) is 26.0. The van der Waals surface area contributed by atoms with E-state index in [4.69, 9.17) is 9.97 Å². The molecule has 0 fully saturated rings. The Kier molecular flexibility index (Phi) is 5.71. The van der Waals surface area contributed by atoms with Crippen molar-refractivity contribution in [3.63, 3.8) is 0 Å². The lowest BCUT2D eigenvalue weighted by Gasteiger charge is -2.13. The van der Waals surface area contributed by atoms with Gasteiger partial charge in [0.1, 0.15) is 5.82 Å². The first-order valence-electron chi connectivity index (χ1n) is 15.8. The molecule has 0 spiro atoms. The number of fused-ring (bicyclic) bond motifs is 10. The fraction of sp³-hybridized carbons (Fsp3) is 0. The van der Waals surface area contributed by atoms with Gasteiger partial charge in [0.15, 0.2) is 5.82 Å². The second kappa shape index (κ2) is 10.2. The standard InChI is InChI=1S/C42H26N4S/c1-4-14-27(15-5-1)33-26-36(44-42(43-33)28-16-6-2-7-17-28)46-34-22-12-10-20-30(34)38-39-32(24-25-45(39)29-18-8-3-9-19-29)37-31-21-11-13-23-35(31)47-41(37)40(38)46/h1-26H. The number of hydrogen-bond acceptors (Lipinski definition) is 3. The highest BCUT2D eigenvalue weighted by molar-refractivity contribution is 7.27. The van der Waals surface area contributed by atoms with Gasteiger partial charge >= 0.3 is 0 Å². The molecule has 0 aliphatic rings. The van der Waals surface area contributed by atoms with Crippen LogP contribution >= 0.6 is 11.3 Å². The zero-order chi connectivity index (χ0) is 30.9. The van der Waals surface area contributed by atoms with E-state index in [9.17, 15) is 0 Å². The first-order valence-corrected chi connectivity index (χ1v) is 16.6. The van der Waals surface area contributed by atoms with Gasteiger partial charge in [0.05, 0.1) is 26.9 Å². The van der Waals surface area contributed by atoms with Gasteiger partial charge in [-0.25, -0.2) is 9.97 Å². The van der Waals surface area contributed by atoms with E-state index in [1.165, 1.54) is 47.4 Å². The summed E-state index contributed by atoms with van der Waals surface area (Å²) in [7, 11) is 0. The number of nitrogens with zero attached hydrogens (tertiary/aromatic N) is 4. The van der Waals surface area contributed by atoms with Gasteiger partial charge in [-0.2, -0.15) is 0 Å². The van der Waals surface area contributed by atoms with Crippen LogP contribution in [0, 0.1) is 0 Å². The van der Waals surface area contributed by atoms with E-state index in [2.05, 4.69) is 143 Å². The molecule has 10 aromatic rings. The van der Waals surface area contributed by atoms with Crippen molar-refractivity contribution in [3.8, 4) is 34.2 Å². The Labute approximate surface area is 274 Å². The fourth-order valence-electron chi connectivity index (χ4n) is 7.13. The third kappa shape index (κ3) is 3.94. The summed E-state index contributed by atoms with van der Waals surface area (Å²) >= 11 is 1.86. The number of rotatable bonds is 4. The topological polar surface area (TPSA) is 35.6 Å². The molecule has 0 aliphatic carbocycles. The molecular formula is C42H26N4S. The van der Waals surface area contributed by atoms with Gasteiger partial charge in [0, 0.05) is 60.7 Å². The number of aromatic nitrogens is 4. The molecule has 0 unspecified atom stereocenters. The van der Waals surface area contributed by atoms with Crippen molar-refractivity contribution in [2.75, 3.05) is 0 Å². The summed E-state index contributed by atoms with van der Waals surface area (Å²) in [4.78, 5) is 10.4. The molecule has 0 bridgehead atoms. The summed E-state index contributed by atoms with van der Waals surface area (Å²) in [6, 6.07) is 53.3. The quantitative estimate of drug-likeness (QED) is 0.197. The largest absolute Gasteiger partial charge is 0.316 e. The smallest absolute Gasteiger partial charge is 0.162 e. The average Bonchev–Trinajstić information content (AvgIpc) is 3.84. The van der Waals surface area contributed by atoms with Crippen molar-refractivity contribution in [1.82, 2.24) is 19.1 Å². The van der Waals surface area contributed by atoms with Gasteiger partial charge in [-0.15, -0.1) is 11.3 Å². The van der Waals surface area contributed by atoms with Crippen molar-refractivity contribution >= 4 is 64.2 Å². The van der Waals surface area contributed by atoms with Crippen molar-refractivity contribution in [2.45, 2.75) is 0 Å². The zero-order valence-electron chi connectivity index (χ0n) is 25.2. The summed E-state index contributed by atoms with van der Waals surface area (Å²) in [6.45, 7) is 0. The normalized spacial score (nSPS) is 11.8. The predicted octanol–water partition coefficient (Wildman–Crippen LogP) is 11.2. The molecule has 0 amide bonds. The summed E-state index contributed by atoms with van der Waals surface area (Å²) in [5.41, 5.74) is 7.56. The van der Waals surface area contributed by atoms with E-state index in [1.807, 2.05) is 35.6 Å². The van der Waals surface area contributed by atoms with Crippen LogP contribution in [0.25, 0.3) is 87.0 Å². The number of hydrogen-bond donors (Lipinski definition) is 0. The maximum Gasteiger partial charge on any atom is 0.162 e. The number of thiophene rings is 1. The molecule has 5 heteroatoms. The molecule has 220 valence electrons. The second-order valence-electron chi connectivity index (χ2n) is 11.8. The molecule has 6 aromatic carbocycles. The van der Waals surface area contributed by atoms with Crippen LogP contribution in [-0.4, -0.2) is 19.1 Å². The van der Waals surface area contributed by atoms with Gasteiger partial charge in [-0.3, -0.25) is 4.57 Å². The molecule has 10 rings (SSSR count).